The molecule has 1 heteroatoms. The van der Waals surface area contributed by atoms with E-state index in [9.17, 15) is 0 Å². The van der Waals surface area contributed by atoms with Gasteiger partial charge in [0.1, 0.15) is 0 Å². The predicted octanol–water partition coefficient (Wildman–Crippen LogP) is 6.34. The maximum absolute atomic E-state index is 8.85. The molecular formula is C21H35N. The Morgan fingerprint density at radius 3 is 1.41 bits per heavy atom. The molecule has 124 valence electrons. The van der Waals surface area contributed by atoms with Gasteiger partial charge in [-0.15, -0.1) is 0 Å². The molecule has 0 atom stereocenters. The molecule has 3 aliphatic carbocycles. The van der Waals surface area contributed by atoms with Gasteiger partial charge >= 0.3 is 0 Å². The number of nitriles is 1. The zero-order chi connectivity index (χ0) is 15.4. The van der Waals surface area contributed by atoms with E-state index in [1.165, 1.54) is 77.0 Å². The highest BCUT2D eigenvalue weighted by Gasteiger charge is 2.34. The molecule has 0 aromatic heterocycles. The first-order valence-corrected chi connectivity index (χ1v) is 10.1. The summed E-state index contributed by atoms with van der Waals surface area (Å²) in [6.45, 7) is 2.44. The molecule has 0 aromatic carbocycles. The van der Waals surface area contributed by atoms with Gasteiger partial charge in [0.2, 0.25) is 0 Å². The summed E-state index contributed by atoms with van der Waals surface area (Å²) in [5.41, 5.74) is 0. The molecule has 0 unspecified atom stereocenters. The Balaban J connectivity index is 1.40. The molecule has 3 fully saturated rings. The molecule has 0 radical (unpaired) electrons. The summed E-state index contributed by atoms with van der Waals surface area (Å²) >= 11 is 0. The number of hydrogen-bond donors (Lipinski definition) is 0. The van der Waals surface area contributed by atoms with Crippen LogP contribution < -0.4 is 0 Å². The lowest BCUT2D eigenvalue weighted by Crippen LogP contribution is -2.29. The average molecular weight is 302 g/mol. The Labute approximate surface area is 137 Å². The van der Waals surface area contributed by atoms with Crippen molar-refractivity contribution in [3.8, 4) is 6.07 Å². The van der Waals surface area contributed by atoms with Crippen molar-refractivity contribution in [3.05, 3.63) is 0 Å². The molecule has 3 aliphatic rings. The van der Waals surface area contributed by atoms with Crippen molar-refractivity contribution < 1.29 is 0 Å². The standard InChI is InChI=1S/C21H35N/c1-16-2-6-18(7-3-16)20-10-12-21(13-11-20)19-8-4-17(5-9-19)14-15-22/h16-21H,2-14H2,1H3. The normalized spacial score (nSPS) is 43.5. The van der Waals surface area contributed by atoms with Gasteiger partial charge < -0.3 is 0 Å². The van der Waals surface area contributed by atoms with Crippen LogP contribution in [0.15, 0.2) is 0 Å². The SMILES string of the molecule is CC1CCC(C2CCC(C3CCC(CC#N)CC3)CC2)CC1. The predicted molar refractivity (Wildman–Crippen MR) is 92.2 cm³/mol. The zero-order valence-corrected chi connectivity index (χ0v) is 14.6. The van der Waals surface area contributed by atoms with E-state index in [2.05, 4.69) is 13.0 Å². The van der Waals surface area contributed by atoms with Crippen LogP contribution in [-0.2, 0) is 0 Å². The van der Waals surface area contributed by atoms with Crippen LogP contribution in [0, 0.1) is 46.8 Å². The number of hydrogen-bond acceptors (Lipinski definition) is 1. The first-order chi connectivity index (χ1) is 10.8. The summed E-state index contributed by atoms with van der Waals surface area (Å²) in [6.07, 6.45) is 18.4. The van der Waals surface area contributed by atoms with E-state index in [0.29, 0.717) is 0 Å². The van der Waals surface area contributed by atoms with E-state index >= 15 is 0 Å². The molecule has 1 nitrogen and oxygen atoms in total. The first kappa shape index (κ1) is 16.4. The topological polar surface area (TPSA) is 23.8 Å². The van der Waals surface area contributed by atoms with Crippen LogP contribution in [0.1, 0.15) is 90.4 Å². The van der Waals surface area contributed by atoms with Crippen molar-refractivity contribution in [1.29, 1.82) is 5.26 Å². The molecule has 0 heterocycles. The highest BCUT2D eigenvalue weighted by atomic mass is 14.4. The first-order valence-electron chi connectivity index (χ1n) is 10.1. The van der Waals surface area contributed by atoms with Crippen LogP contribution in [-0.4, -0.2) is 0 Å². The van der Waals surface area contributed by atoms with Gasteiger partial charge in [-0.2, -0.15) is 5.26 Å². The second-order valence-corrected chi connectivity index (χ2v) is 8.84. The second-order valence-electron chi connectivity index (χ2n) is 8.84. The highest BCUT2D eigenvalue weighted by Crippen LogP contribution is 2.46. The quantitative estimate of drug-likeness (QED) is 0.596. The van der Waals surface area contributed by atoms with Gasteiger partial charge in [0.15, 0.2) is 0 Å². The fourth-order valence-corrected chi connectivity index (χ4v) is 5.84. The number of nitrogens with zero attached hydrogens (tertiary/aromatic N) is 1. The third-order valence-electron chi connectivity index (χ3n) is 7.48. The van der Waals surface area contributed by atoms with Gasteiger partial charge in [0, 0.05) is 6.42 Å². The van der Waals surface area contributed by atoms with Crippen molar-refractivity contribution >= 4 is 0 Å². The van der Waals surface area contributed by atoms with Gasteiger partial charge in [-0.1, -0.05) is 19.8 Å². The molecule has 0 bridgehead atoms. The molecule has 0 aliphatic heterocycles. The Kier molecular flexibility index (Phi) is 5.83. The van der Waals surface area contributed by atoms with Crippen molar-refractivity contribution in [3.63, 3.8) is 0 Å². The summed E-state index contributed by atoms with van der Waals surface area (Å²) in [5.74, 6) is 5.89. The van der Waals surface area contributed by atoms with E-state index in [1.54, 1.807) is 0 Å². The van der Waals surface area contributed by atoms with Gasteiger partial charge in [0.25, 0.3) is 0 Å². The lowest BCUT2D eigenvalue weighted by molar-refractivity contribution is 0.107. The zero-order valence-electron chi connectivity index (χ0n) is 14.6. The molecule has 3 rings (SSSR count). The minimum atomic E-state index is 0.724. The molecule has 0 aromatic rings. The Morgan fingerprint density at radius 1 is 0.636 bits per heavy atom. The van der Waals surface area contributed by atoms with E-state index in [0.717, 1.165) is 41.9 Å². The molecule has 0 amide bonds. The fourth-order valence-electron chi connectivity index (χ4n) is 5.84. The lowest BCUT2D eigenvalue weighted by atomic mass is 9.65. The van der Waals surface area contributed by atoms with Crippen molar-refractivity contribution in [2.24, 2.45) is 35.5 Å². The van der Waals surface area contributed by atoms with E-state index in [4.69, 9.17) is 5.26 Å². The molecule has 0 spiro atoms. The molecule has 3 saturated carbocycles. The smallest absolute Gasteiger partial charge is 0.0624 e. The van der Waals surface area contributed by atoms with Crippen molar-refractivity contribution in [1.82, 2.24) is 0 Å². The second kappa shape index (κ2) is 7.85. The molecule has 22 heavy (non-hydrogen) atoms. The van der Waals surface area contributed by atoms with Gasteiger partial charge in [-0.05, 0) is 99.7 Å². The van der Waals surface area contributed by atoms with Crippen molar-refractivity contribution in [2.45, 2.75) is 90.4 Å². The minimum Gasteiger partial charge on any atom is -0.198 e. The van der Waals surface area contributed by atoms with Gasteiger partial charge in [0.05, 0.1) is 6.07 Å². The summed E-state index contributed by atoms with van der Waals surface area (Å²) in [4.78, 5) is 0. The third-order valence-corrected chi connectivity index (χ3v) is 7.48. The average Bonchev–Trinajstić information content (AvgIpc) is 2.57. The Morgan fingerprint density at radius 2 is 1.00 bits per heavy atom. The molecule has 0 saturated heterocycles. The number of rotatable bonds is 3. The van der Waals surface area contributed by atoms with Gasteiger partial charge in [-0.3, -0.25) is 0 Å². The third kappa shape index (κ3) is 4.06. The van der Waals surface area contributed by atoms with Gasteiger partial charge in [-0.25, -0.2) is 0 Å². The van der Waals surface area contributed by atoms with Crippen LogP contribution in [0.4, 0.5) is 0 Å². The minimum absolute atomic E-state index is 0.724. The van der Waals surface area contributed by atoms with Crippen LogP contribution in [0.2, 0.25) is 0 Å². The van der Waals surface area contributed by atoms with Crippen LogP contribution in [0.25, 0.3) is 0 Å². The van der Waals surface area contributed by atoms with E-state index < -0.39 is 0 Å². The van der Waals surface area contributed by atoms with E-state index in [-0.39, 0.29) is 0 Å². The maximum atomic E-state index is 8.85. The Hall–Kier alpha value is -0.510. The largest absolute Gasteiger partial charge is 0.198 e. The summed E-state index contributed by atoms with van der Waals surface area (Å²) in [5, 5.41) is 8.85. The monoisotopic (exact) mass is 301 g/mol. The Bertz CT molecular complexity index is 358. The summed E-state index contributed by atoms with van der Waals surface area (Å²) in [7, 11) is 0. The van der Waals surface area contributed by atoms with E-state index in [1.807, 2.05) is 0 Å². The van der Waals surface area contributed by atoms with Crippen LogP contribution in [0.3, 0.4) is 0 Å². The summed E-state index contributed by atoms with van der Waals surface area (Å²) in [6, 6.07) is 2.38. The fraction of sp³-hybridized carbons (Fsp3) is 0.952. The molecular weight excluding hydrogens is 266 g/mol. The van der Waals surface area contributed by atoms with Crippen LogP contribution in [0.5, 0.6) is 0 Å². The maximum Gasteiger partial charge on any atom is 0.0624 e. The van der Waals surface area contributed by atoms with Crippen molar-refractivity contribution in [2.75, 3.05) is 0 Å². The van der Waals surface area contributed by atoms with Crippen LogP contribution >= 0.6 is 0 Å². The lowest BCUT2D eigenvalue weighted by Gasteiger charge is -2.41. The molecule has 0 N–H and O–H groups in total. The summed E-state index contributed by atoms with van der Waals surface area (Å²) < 4.78 is 0. The highest BCUT2D eigenvalue weighted by molar-refractivity contribution is 4.87.